The van der Waals surface area contributed by atoms with Crippen LogP contribution in [-0.2, 0) is 6.54 Å². The Kier molecular flexibility index (Phi) is 5.25. The van der Waals surface area contributed by atoms with Crippen molar-refractivity contribution >= 4 is 11.8 Å². The summed E-state index contributed by atoms with van der Waals surface area (Å²) in [5.41, 5.74) is 1.47. The Labute approximate surface area is 129 Å². The number of carbonyl (C=O) groups is 2. The van der Waals surface area contributed by atoms with Crippen LogP contribution in [-0.4, -0.2) is 22.8 Å². The van der Waals surface area contributed by atoms with Crippen molar-refractivity contribution in [3.8, 4) is 0 Å². The molecular formula is C17H19N3O2. The quantitative estimate of drug-likeness (QED) is 0.888. The summed E-state index contributed by atoms with van der Waals surface area (Å²) in [6, 6.07) is 14.5. The second kappa shape index (κ2) is 7.36. The molecule has 0 spiro atoms. The minimum absolute atomic E-state index is 0.0184. The number of rotatable bonds is 5. The van der Waals surface area contributed by atoms with Crippen LogP contribution < -0.4 is 10.6 Å². The van der Waals surface area contributed by atoms with E-state index in [1.54, 1.807) is 18.2 Å². The number of hydrogen-bond donors (Lipinski definition) is 2. The highest BCUT2D eigenvalue weighted by atomic mass is 16.2. The maximum Gasteiger partial charge on any atom is 0.270 e. The molecule has 0 aliphatic heterocycles. The van der Waals surface area contributed by atoms with Crippen LogP contribution in [0, 0.1) is 0 Å². The fourth-order valence-electron chi connectivity index (χ4n) is 1.89. The number of nitrogens with one attached hydrogen (secondary N) is 2. The molecule has 1 aromatic heterocycles. The van der Waals surface area contributed by atoms with Crippen LogP contribution >= 0.6 is 0 Å². The minimum Gasteiger partial charge on any atom is -0.349 e. The van der Waals surface area contributed by atoms with Crippen LogP contribution in [0.1, 0.15) is 40.4 Å². The zero-order chi connectivity index (χ0) is 15.9. The summed E-state index contributed by atoms with van der Waals surface area (Å²) in [6.07, 6.45) is 0. The van der Waals surface area contributed by atoms with Gasteiger partial charge in [-0.15, -0.1) is 0 Å². The van der Waals surface area contributed by atoms with E-state index in [0.717, 1.165) is 5.56 Å². The third-order valence-corrected chi connectivity index (χ3v) is 2.93. The number of amides is 2. The van der Waals surface area contributed by atoms with E-state index in [2.05, 4.69) is 15.6 Å². The fourth-order valence-corrected chi connectivity index (χ4v) is 1.89. The van der Waals surface area contributed by atoms with E-state index in [-0.39, 0.29) is 29.2 Å². The topological polar surface area (TPSA) is 71.1 Å². The molecule has 0 saturated carbocycles. The smallest absolute Gasteiger partial charge is 0.270 e. The first-order valence-corrected chi connectivity index (χ1v) is 7.16. The Balaban J connectivity index is 2.02. The van der Waals surface area contributed by atoms with Gasteiger partial charge in [0.15, 0.2) is 0 Å². The van der Waals surface area contributed by atoms with Crippen LogP contribution in [0.2, 0.25) is 0 Å². The molecule has 5 heteroatoms. The predicted molar refractivity (Wildman–Crippen MR) is 84.5 cm³/mol. The van der Waals surface area contributed by atoms with Gasteiger partial charge in [0.05, 0.1) is 0 Å². The monoisotopic (exact) mass is 297 g/mol. The molecule has 2 amide bonds. The third-order valence-electron chi connectivity index (χ3n) is 2.93. The second-order valence-electron chi connectivity index (χ2n) is 5.20. The molecule has 0 aliphatic rings. The van der Waals surface area contributed by atoms with Crippen LogP contribution in [0.15, 0.2) is 48.5 Å². The molecule has 0 fully saturated rings. The number of benzene rings is 1. The second-order valence-corrected chi connectivity index (χ2v) is 5.20. The summed E-state index contributed by atoms with van der Waals surface area (Å²) >= 11 is 0. The molecule has 2 aromatic rings. The van der Waals surface area contributed by atoms with E-state index < -0.39 is 0 Å². The van der Waals surface area contributed by atoms with Gasteiger partial charge in [-0.1, -0.05) is 36.4 Å². The third kappa shape index (κ3) is 4.41. The molecule has 0 bridgehead atoms. The van der Waals surface area contributed by atoms with Crippen molar-refractivity contribution in [2.75, 3.05) is 0 Å². The fraction of sp³-hybridized carbons (Fsp3) is 0.235. The van der Waals surface area contributed by atoms with Gasteiger partial charge in [0.25, 0.3) is 11.8 Å². The summed E-state index contributed by atoms with van der Waals surface area (Å²) in [4.78, 5) is 28.1. The first-order valence-electron chi connectivity index (χ1n) is 7.16. The number of hydrogen-bond acceptors (Lipinski definition) is 3. The van der Waals surface area contributed by atoms with Gasteiger partial charge in [-0.2, -0.15) is 0 Å². The van der Waals surface area contributed by atoms with Gasteiger partial charge < -0.3 is 10.6 Å². The zero-order valence-electron chi connectivity index (χ0n) is 12.7. The highest BCUT2D eigenvalue weighted by molar-refractivity contribution is 5.96. The van der Waals surface area contributed by atoms with Gasteiger partial charge in [0.2, 0.25) is 0 Å². The Morgan fingerprint density at radius 2 is 1.59 bits per heavy atom. The van der Waals surface area contributed by atoms with Crippen molar-refractivity contribution in [2.24, 2.45) is 0 Å². The molecular weight excluding hydrogens is 278 g/mol. The molecule has 0 atom stereocenters. The van der Waals surface area contributed by atoms with Gasteiger partial charge in [-0.3, -0.25) is 9.59 Å². The van der Waals surface area contributed by atoms with Crippen molar-refractivity contribution in [1.29, 1.82) is 0 Å². The van der Waals surface area contributed by atoms with E-state index in [1.807, 2.05) is 44.2 Å². The lowest BCUT2D eigenvalue weighted by Crippen LogP contribution is -2.31. The molecule has 0 unspecified atom stereocenters. The number of pyridine rings is 1. The van der Waals surface area contributed by atoms with Crippen molar-refractivity contribution in [3.63, 3.8) is 0 Å². The zero-order valence-corrected chi connectivity index (χ0v) is 12.7. The highest BCUT2D eigenvalue weighted by Crippen LogP contribution is 2.02. The number of carbonyl (C=O) groups excluding carboxylic acids is 2. The van der Waals surface area contributed by atoms with Gasteiger partial charge in [-0.05, 0) is 31.5 Å². The summed E-state index contributed by atoms with van der Waals surface area (Å²) < 4.78 is 0. The molecule has 22 heavy (non-hydrogen) atoms. The Bertz CT molecular complexity index is 654. The van der Waals surface area contributed by atoms with Gasteiger partial charge in [0, 0.05) is 12.6 Å². The van der Waals surface area contributed by atoms with Crippen molar-refractivity contribution in [1.82, 2.24) is 15.6 Å². The summed E-state index contributed by atoms with van der Waals surface area (Å²) in [5.74, 6) is -0.587. The van der Waals surface area contributed by atoms with E-state index in [1.165, 1.54) is 0 Å². The molecule has 2 N–H and O–H groups in total. The van der Waals surface area contributed by atoms with E-state index in [4.69, 9.17) is 0 Å². The largest absolute Gasteiger partial charge is 0.349 e. The number of aromatic nitrogens is 1. The summed E-state index contributed by atoms with van der Waals surface area (Å²) in [6.45, 7) is 4.16. The first kappa shape index (κ1) is 15.7. The molecule has 2 rings (SSSR count). The van der Waals surface area contributed by atoms with Crippen LogP contribution in [0.25, 0.3) is 0 Å². The van der Waals surface area contributed by atoms with Crippen molar-refractivity contribution in [3.05, 3.63) is 65.5 Å². The average Bonchev–Trinajstić information content (AvgIpc) is 2.53. The normalized spacial score (nSPS) is 10.3. The standard InChI is InChI=1S/C17H19N3O2/c1-12(2)19-17(22)15-10-6-9-14(20-15)16(21)18-11-13-7-4-3-5-8-13/h3-10,12H,11H2,1-2H3,(H,18,21)(H,19,22). The van der Waals surface area contributed by atoms with Crippen LogP contribution in [0.3, 0.4) is 0 Å². The summed E-state index contributed by atoms with van der Waals surface area (Å²) in [5, 5.41) is 5.54. The van der Waals surface area contributed by atoms with Gasteiger partial charge in [0.1, 0.15) is 11.4 Å². The van der Waals surface area contributed by atoms with Crippen molar-refractivity contribution < 1.29 is 9.59 Å². The lowest BCUT2D eigenvalue weighted by atomic mass is 10.2. The maximum absolute atomic E-state index is 12.1. The summed E-state index contributed by atoms with van der Waals surface area (Å²) in [7, 11) is 0. The predicted octanol–water partition coefficient (Wildman–Crippen LogP) is 2.15. The molecule has 0 aliphatic carbocycles. The molecule has 114 valence electrons. The SMILES string of the molecule is CC(C)NC(=O)c1cccc(C(=O)NCc2ccccc2)n1. The Hall–Kier alpha value is -2.69. The van der Waals surface area contributed by atoms with Crippen LogP contribution in [0.5, 0.6) is 0 Å². The number of nitrogens with zero attached hydrogens (tertiary/aromatic N) is 1. The Morgan fingerprint density at radius 1 is 0.955 bits per heavy atom. The van der Waals surface area contributed by atoms with Crippen molar-refractivity contribution in [2.45, 2.75) is 26.4 Å². The molecule has 1 heterocycles. The minimum atomic E-state index is -0.303. The molecule has 0 saturated heterocycles. The van der Waals surface area contributed by atoms with Gasteiger partial charge in [-0.25, -0.2) is 4.98 Å². The average molecular weight is 297 g/mol. The first-order chi connectivity index (χ1) is 10.6. The maximum atomic E-state index is 12.1. The molecule has 5 nitrogen and oxygen atoms in total. The molecule has 0 radical (unpaired) electrons. The van der Waals surface area contributed by atoms with E-state index in [9.17, 15) is 9.59 Å². The lowest BCUT2D eigenvalue weighted by molar-refractivity contribution is 0.0936. The van der Waals surface area contributed by atoms with E-state index >= 15 is 0 Å². The van der Waals surface area contributed by atoms with Gasteiger partial charge >= 0.3 is 0 Å². The molecule has 1 aromatic carbocycles. The van der Waals surface area contributed by atoms with Crippen LogP contribution in [0.4, 0.5) is 0 Å². The van der Waals surface area contributed by atoms with E-state index in [0.29, 0.717) is 6.54 Å². The highest BCUT2D eigenvalue weighted by Gasteiger charge is 2.12. The lowest BCUT2D eigenvalue weighted by Gasteiger charge is -2.09. The Morgan fingerprint density at radius 3 is 2.23 bits per heavy atom.